The third-order valence-electron chi connectivity index (χ3n) is 6.20. The van der Waals surface area contributed by atoms with Crippen molar-refractivity contribution >= 4 is 22.8 Å². The maximum absolute atomic E-state index is 13.1. The summed E-state index contributed by atoms with van der Waals surface area (Å²) < 4.78 is 1.89. The van der Waals surface area contributed by atoms with Crippen LogP contribution in [0.15, 0.2) is 103 Å². The lowest BCUT2D eigenvalue weighted by Crippen LogP contribution is -2.38. The van der Waals surface area contributed by atoms with Gasteiger partial charge in [0, 0.05) is 31.9 Å². The van der Waals surface area contributed by atoms with E-state index < -0.39 is 0 Å². The zero-order valence-corrected chi connectivity index (χ0v) is 20.5. The van der Waals surface area contributed by atoms with E-state index in [1.807, 2.05) is 102 Å². The molecule has 0 unspecified atom stereocenters. The molecule has 0 spiro atoms. The lowest BCUT2D eigenvalue weighted by atomic mass is 10.1. The van der Waals surface area contributed by atoms with Gasteiger partial charge >= 0.3 is 0 Å². The second-order valence-electron chi connectivity index (χ2n) is 8.84. The molecule has 2 aromatic heterocycles. The third-order valence-corrected chi connectivity index (χ3v) is 6.20. The SMILES string of the molecule is CN(Cc1ccc(-c2ccccn2)cc1)C(=O)CNC(=O)c1nc2ccccc2n1Cc1ccccc1. The highest BCUT2D eigenvalue weighted by Gasteiger charge is 2.19. The Bertz CT molecular complexity index is 1510. The molecule has 3 aromatic carbocycles. The number of para-hydroxylation sites is 2. The number of nitrogens with zero attached hydrogens (tertiary/aromatic N) is 4. The maximum atomic E-state index is 13.1. The van der Waals surface area contributed by atoms with Crippen molar-refractivity contribution in [3.05, 3.63) is 120 Å². The van der Waals surface area contributed by atoms with Crippen molar-refractivity contribution in [2.75, 3.05) is 13.6 Å². The van der Waals surface area contributed by atoms with Gasteiger partial charge in [0.15, 0.2) is 5.82 Å². The first kappa shape index (κ1) is 23.9. The fraction of sp³-hybridized carbons (Fsp3) is 0.133. The van der Waals surface area contributed by atoms with Gasteiger partial charge in [0.05, 0.1) is 23.3 Å². The number of nitrogens with one attached hydrogen (secondary N) is 1. The Balaban J connectivity index is 1.23. The van der Waals surface area contributed by atoms with E-state index in [-0.39, 0.29) is 24.2 Å². The summed E-state index contributed by atoms with van der Waals surface area (Å²) in [6, 6.07) is 31.3. The second kappa shape index (κ2) is 10.9. The predicted molar refractivity (Wildman–Crippen MR) is 144 cm³/mol. The van der Waals surface area contributed by atoms with E-state index >= 15 is 0 Å². The van der Waals surface area contributed by atoms with Crippen LogP contribution in [0.3, 0.4) is 0 Å². The number of hydrogen-bond acceptors (Lipinski definition) is 4. The number of carbonyl (C=O) groups is 2. The molecule has 0 aliphatic heterocycles. The minimum atomic E-state index is -0.381. The molecule has 2 heterocycles. The van der Waals surface area contributed by atoms with Crippen molar-refractivity contribution in [2.45, 2.75) is 13.1 Å². The van der Waals surface area contributed by atoms with Gasteiger partial charge in [0.2, 0.25) is 5.91 Å². The highest BCUT2D eigenvalue weighted by atomic mass is 16.2. The Morgan fingerprint density at radius 1 is 0.838 bits per heavy atom. The molecule has 0 aliphatic carbocycles. The normalized spacial score (nSPS) is 10.8. The van der Waals surface area contributed by atoms with Gasteiger partial charge < -0.3 is 14.8 Å². The van der Waals surface area contributed by atoms with Gasteiger partial charge in [-0.1, -0.05) is 72.8 Å². The van der Waals surface area contributed by atoms with Gasteiger partial charge in [0.25, 0.3) is 5.91 Å². The van der Waals surface area contributed by atoms with Crippen LogP contribution in [0.1, 0.15) is 21.7 Å². The number of rotatable bonds is 8. The molecule has 0 saturated heterocycles. The summed E-state index contributed by atoms with van der Waals surface area (Å²) in [7, 11) is 1.73. The van der Waals surface area contributed by atoms with Crippen LogP contribution in [-0.2, 0) is 17.9 Å². The summed E-state index contributed by atoms with van der Waals surface area (Å²) in [6.45, 7) is 0.825. The second-order valence-corrected chi connectivity index (χ2v) is 8.84. The Hall–Kier alpha value is -4.78. The number of imidazole rings is 1. The van der Waals surface area contributed by atoms with Gasteiger partial charge in [-0.15, -0.1) is 0 Å². The molecule has 0 fully saturated rings. The lowest BCUT2D eigenvalue weighted by molar-refractivity contribution is -0.129. The van der Waals surface area contributed by atoms with E-state index in [1.165, 1.54) is 0 Å². The molecule has 7 heteroatoms. The molecule has 0 saturated carbocycles. The number of aromatic nitrogens is 3. The molecule has 184 valence electrons. The van der Waals surface area contributed by atoms with Gasteiger partial charge in [-0.25, -0.2) is 4.98 Å². The van der Waals surface area contributed by atoms with Gasteiger partial charge in [-0.2, -0.15) is 0 Å². The van der Waals surface area contributed by atoms with Gasteiger partial charge in [-0.05, 0) is 35.4 Å². The molecule has 37 heavy (non-hydrogen) atoms. The van der Waals surface area contributed by atoms with Crippen LogP contribution in [-0.4, -0.2) is 44.8 Å². The van der Waals surface area contributed by atoms with Crippen LogP contribution in [0.4, 0.5) is 0 Å². The van der Waals surface area contributed by atoms with Crippen LogP contribution < -0.4 is 5.32 Å². The zero-order chi connectivity index (χ0) is 25.6. The summed E-state index contributed by atoms with van der Waals surface area (Å²) in [6.07, 6.45) is 1.76. The van der Waals surface area contributed by atoms with Crippen LogP contribution in [0.2, 0.25) is 0 Å². The molecule has 0 radical (unpaired) electrons. The summed E-state index contributed by atoms with van der Waals surface area (Å²) in [5.41, 5.74) is 5.58. The zero-order valence-electron chi connectivity index (χ0n) is 20.5. The Kier molecular flexibility index (Phi) is 7.03. The number of pyridine rings is 1. The standard InChI is InChI=1S/C30H27N5O2/c1-34(20-23-14-16-24(17-15-23)25-11-7-8-18-31-25)28(36)19-32-30(37)29-33-26-12-5-6-13-27(26)35(29)21-22-9-3-2-4-10-22/h2-18H,19-21H2,1H3,(H,32,37). The topological polar surface area (TPSA) is 80.1 Å². The van der Waals surface area contributed by atoms with E-state index in [9.17, 15) is 9.59 Å². The van der Waals surface area contributed by atoms with Crippen molar-refractivity contribution in [1.82, 2.24) is 24.8 Å². The summed E-state index contributed by atoms with van der Waals surface area (Å²) >= 11 is 0. The number of fused-ring (bicyclic) bond motifs is 1. The van der Waals surface area contributed by atoms with Crippen LogP contribution in [0.5, 0.6) is 0 Å². The van der Waals surface area contributed by atoms with E-state index in [1.54, 1.807) is 18.1 Å². The molecular weight excluding hydrogens is 462 g/mol. The highest BCUT2D eigenvalue weighted by molar-refractivity contribution is 5.96. The Labute approximate surface area is 215 Å². The summed E-state index contributed by atoms with van der Waals surface area (Å²) in [5.74, 6) is -0.285. The third kappa shape index (κ3) is 5.56. The fourth-order valence-electron chi connectivity index (χ4n) is 4.22. The van der Waals surface area contributed by atoms with E-state index in [4.69, 9.17) is 0 Å². The van der Waals surface area contributed by atoms with Crippen LogP contribution in [0, 0.1) is 0 Å². The average Bonchev–Trinajstić information content (AvgIpc) is 3.31. The van der Waals surface area contributed by atoms with Crippen molar-refractivity contribution in [1.29, 1.82) is 0 Å². The van der Waals surface area contributed by atoms with Crippen LogP contribution in [0.25, 0.3) is 22.3 Å². The molecule has 7 nitrogen and oxygen atoms in total. The van der Waals surface area contributed by atoms with E-state index in [2.05, 4.69) is 15.3 Å². The molecule has 2 amide bonds. The van der Waals surface area contributed by atoms with Crippen molar-refractivity contribution < 1.29 is 9.59 Å². The summed E-state index contributed by atoms with van der Waals surface area (Å²) in [4.78, 5) is 36.4. The first-order chi connectivity index (χ1) is 18.1. The highest BCUT2D eigenvalue weighted by Crippen LogP contribution is 2.19. The molecular formula is C30H27N5O2. The Morgan fingerprint density at radius 3 is 2.32 bits per heavy atom. The van der Waals surface area contributed by atoms with E-state index in [0.717, 1.165) is 33.4 Å². The molecule has 0 atom stereocenters. The summed E-state index contributed by atoms with van der Waals surface area (Å²) in [5, 5.41) is 2.76. The minimum Gasteiger partial charge on any atom is -0.340 e. The fourth-order valence-corrected chi connectivity index (χ4v) is 4.22. The maximum Gasteiger partial charge on any atom is 0.287 e. The largest absolute Gasteiger partial charge is 0.340 e. The smallest absolute Gasteiger partial charge is 0.287 e. The van der Waals surface area contributed by atoms with Crippen molar-refractivity contribution in [3.63, 3.8) is 0 Å². The number of hydrogen-bond donors (Lipinski definition) is 1. The van der Waals surface area contributed by atoms with Gasteiger partial charge in [0.1, 0.15) is 0 Å². The molecule has 0 bridgehead atoms. The Morgan fingerprint density at radius 2 is 1.57 bits per heavy atom. The molecule has 1 N–H and O–H groups in total. The van der Waals surface area contributed by atoms with Crippen molar-refractivity contribution in [3.8, 4) is 11.3 Å². The van der Waals surface area contributed by atoms with Crippen molar-refractivity contribution in [2.24, 2.45) is 0 Å². The van der Waals surface area contributed by atoms with E-state index in [0.29, 0.717) is 13.1 Å². The molecule has 5 rings (SSSR count). The minimum absolute atomic E-state index is 0.115. The number of amides is 2. The predicted octanol–water partition coefficient (Wildman–Crippen LogP) is 4.54. The number of benzene rings is 3. The molecule has 0 aliphatic rings. The quantitative estimate of drug-likeness (QED) is 0.347. The van der Waals surface area contributed by atoms with Gasteiger partial charge in [-0.3, -0.25) is 14.6 Å². The first-order valence-electron chi connectivity index (χ1n) is 12.1. The monoisotopic (exact) mass is 489 g/mol. The number of likely N-dealkylation sites (N-methyl/N-ethyl adjacent to an activating group) is 1. The van der Waals surface area contributed by atoms with Crippen LogP contribution >= 0.6 is 0 Å². The first-order valence-corrected chi connectivity index (χ1v) is 12.1. The average molecular weight is 490 g/mol. The molecule has 5 aromatic rings. The lowest BCUT2D eigenvalue weighted by Gasteiger charge is -2.18. The number of carbonyl (C=O) groups excluding carboxylic acids is 2.